The molecule has 1 rings (SSSR count). The topological polar surface area (TPSA) is 69.6 Å². The smallest absolute Gasteiger partial charge is 0.321 e. The Hall–Kier alpha value is -2.30. The van der Waals surface area contributed by atoms with Gasteiger partial charge in [0.05, 0.1) is 0 Å². The Kier molecular flexibility index (Phi) is 7.64. The number of carbonyl (C=O) groups excluding carboxylic acids is 1. The van der Waals surface area contributed by atoms with E-state index in [2.05, 4.69) is 5.32 Å². The number of para-hydroxylation sites is 1. The van der Waals surface area contributed by atoms with Crippen LogP contribution in [0.3, 0.4) is 0 Å². The van der Waals surface area contributed by atoms with Crippen molar-refractivity contribution in [3.05, 3.63) is 42.5 Å². The monoisotopic (exact) mass is 290 g/mol. The molecule has 0 radical (unpaired) electrons. The predicted octanol–water partition coefficient (Wildman–Crippen LogP) is 3.03. The van der Waals surface area contributed by atoms with Gasteiger partial charge in [0.2, 0.25) is 0 Å². The fourth-order valence-electron chi connectivity index (χ4n) is 1.87. The first-order chi connectivity index (χ1) is 10.1. The number of urea groups is 1. The molecule has 0 aliphatic rings. The molecule has 0 heterocycles. The van der Waals surface area contributed by atoms with Crippen molar-refractivity contribution in [3.8, 4) is 0 Å². The molecule has 0 saturated carbocycles. The molecule has 0 atom stereocenters. The number of rotatable bonds is 8. The standard InChI is InChI=1S/C16H22N2O3/c1-2-3-7-12-17-16(21)18(13-8-11-15(19)20)14-9-5-4-6-10-14/h2-6,9-10H,7-8,11-13H2,1H3,(H,17,21)(H,19,20)/b3-2+. The van der Waals surface area contributed by atoms with Crippen LogP contribution in [0.4, 0.5) is 10.5 Å². The van der Waals surface area contributed by atoms with E-state index < -0.39 is 5.97 Å². The van der Waals surface area contributed by atoms with Gasteiger partial charge in [0.15, 0.2) is 0 Å². The van der Waals surface area contributed by atoms with Crippen LogP contribution in [0.25, 0.3) is 0 Å². The van der Waals surface area contributed by atoms with Gasteiger partial charge in [0.25, 0.3) is 0 Å². The van der Waals surface area contributed by atoms with Crippen molar-refractivity contribution in [2.75, 3.05) is 18.0 Å². The molecule has 0 fully saturated rings. The molecular weight excluding hydrogens is 268 g/mol. The molecule has 0 unspecified atom stereocenters. The Morgan fingerprint density at radius 2 is 2.00 bits per heavy atom. The summed E-state index contributed by atoms with van der Waals surface area (Å²) in [6.07, 6.45) is 5.17. The highest BCUT2D eigenvalue weighted by Crippen LogP contribution is 2.14. The second-order valence-electron chi connectivity index (χ2n) is 4.57. The number of amides is 2. The van der Waals surface area contributed by atoms with Crippen molar-refractivity contribution in [3.63, 3.8) is 0 Å². The fraction of sp³-hybridized carbons (Fsp3) is 0.375. The molecule has 2 N–H and O–H groups in total. The summed E-state index contributed by atoms with van der Waals surface area (Å²) in [5.74, 6) is -0.850. The molecule has 21 heavy (non-hydrogen) atoms. The van der Waals surface area contributed by atoms with Crippen molar-refractivity contribution < 1.29 is 14.7 Å². The minimum absolute atomic E-state index is 0.0508. The van der Waals surface area contributed by atoms with Crippen LogP contribution in [-0.2, 0) is 4.79 Å². The number of nitrogens with one attached hydrogen (secondary N) is 1. The van der Waals surface area contributed by atoms with E-state index in [1.807, 2.05) is 49.4 Å². The van der Waals surface area contributed by atoms with Crippen LogP contribution < -0.4 is 10.2 Å². The zero-order valence-corrected chi connectivity index (χ0v) is 12.3. The summed E-state index contributed by atoms with van der Waals surface area (Å²) >= 11 is 0. The highest BCUT2D eigenvalue weighted by Gasteiger charge is 2.14. The van der Waals surface area contributed by atoms with Crippen LogP contribution in [0.2, 0.25) is 0 Å². The molecule has 1 aromatic carbocycles. The van der Waals surface area contributed by atoms with Gasteiger partial charge in [-0.25, -0.2) is 4.79 Å². The van der Waals surface area contributed by atoms with E-state index >= 15 is 0 Å². The lowest BCUT2D eigenvalue weighted by Crippen LogP contribution is -2.41. The van der Waals surface area contributed by atoms with Gasteiger partial charge in [0.1, 0.15) is 0 Å². The van der Waals surface area contributed by atoms with Crippen molar-refractivity contribution in [1.29, 1.82) is 0 Å². The third-order valence-corrected chi connectivity index (χ3v) is 2.91. The zero-order chi connectivity index (χ0) is 15.5. The summed E-state index contributed by atoms with van der Waals surface area (Å²) in [5, 5.41) is 11.6. The first kappa shape index (κ1) is 16.8. The molecule has 0 bridgehead atoms. The summed E-state index contributed by atoms with van der Waals surface area (Å²) in [6, 6.07) is 9.07. The SMILES string of the molecule is C/C=C/CCNC(=O)N(CCCC(=O)O)c1ccccc1. The molecule has 5 nitrogen and oxygen atoms in total. The number of benzene rings is 1. The van der Waals surface area contributed by atoms with Gasteiger partial charge in [-0.2, -0.15) is 0 Å². The van der Waals surface area contributed by atoms with Gasteiger partial charge in [0, 0.05) is 25.2 Å². The Morgan fingerprint density at radius 1 is 1.29 bits per heavy atom. The van der Waals surface area contributed by atoms with Crippen molar-refractivity contribution in [1.82, 2.24) is 5.32 Å². The number of nitrogens with zero attached hydrogens (tertiary/aromatic N) is 1. The Morgan fingerprint density at radius 3 is 2.62 bits per heavy atom. The number of aliphatic carboxylic acids is 1. The van der Waals surface area contributed by atoms with E-state index in [0.29, 0.717) is 19.5 Å². The maximum absolute atomic E-state index is 12.2. The lowest BCUT2D eigenvalue weighted by Gasteiger charge is -2.23. The molecule has 0 saturated heterocycles. The van der Waals surface area contributed by atoms with Crippen LogP contribution in [0.15, 0.2) is 42.5 Å². The molecule has 1 aromatic rings. The van der Waals surface area contributed by atoms with Gasteiger partial charge >= 0.3 is 12.0 Å². The second kappa shape index (κ2) is 9.58. The third-order valence-electron chi connectivity index (χ3n) is 2.91. The number of carboxylic acid groups (broad SMARTS) is 1. The van der Waals surface area contributed by atoms with Crippen LogP contribution in [0, 0.1) is 0 Å². The van der Waals surface area contributed by atoms with Gasteiger partial charge in [-0.1, -0.05) is 30.4 Å². The normalized spacial score (nSPS) is 10.5. The summed E-state index contributed by atoms with van der Waals surface area (Å²) in [5.41, 5.74) is 0.770. The molecule has 114 valence electrons. The minimum atomic E-state index is -0.850. The number of hydrogen-bond donors (Lipinski definition) is 2. The molecule has 0 aromatic heterocycles. The average Bonchev–Trinajstić information content (AvgIpc) is 2.48. The molecule has 2 amide bonds. The van der Waals surface area contributed by atoms with E-state index in [9.17, 15) is 9.59 Å². The van der Waals surface area contributed by atoms with Crippen LogP contribution in [0.1, 0.15) is 26.2 Å². The van der Waals surface area contributed by atoms with Gasteiger partial charge < -0.3 is 10.4 Å². The number of carboxylic acids is 1. The lowest BCUT2D eigenvalue weighted by atomic mass is 10.2. The number of carbonyl (C=O) groups is 2. The highest BCUT2D eigenvalue weighted by molar-refractivity contribution is 5.91. The van der Waals surface area contributed by atoms with Crippen molar-refractivity contribution in [2.24, 2.45) is 0 Å². The molecule has 0 aliphatic carbocycles. The largest absolute Gasteiger partial charge is 0.481 e. The van der Waals surface area contributed by atoms with Crippen LogP contribution >= 0.6 is 0 Å². The van der Waals surface area contributed by atoms with Crippen LogP contribution in [0.5, 0.6) is 0 Å². The summed E-state index contributed by atoms with van der Waals surface area (Å²) in [7, 11) is 0. The predicted molar refractivity (Wildman–Crippen MR) is 83.5 cm³/mol. The van der Waals surface area contributed by atoms with Crippen molar-refractivity contribution >= 4 is 17.7 Å². The van der Waals surface area contributed by atoms with Gasteiger partial charge in [-0.3, -0.25) is 9.69 Å². The van der Waals surface area contributed by atoms with E-state index in [1.54, 1.807) is 4.90 Å². The number of allylic oxidation sites excluding steroid dienone is 1. The van der Waals surface area contributed by atoms with Gasteiger partial charge in [-0.15, -0.1) is 0 Å². The van der Waals surface area contributed by atoms with E-state index in [0.717, 1.165) is 12.1 Å². The summed E-state index contributed by atoms with van der Waals surface area (Å²) in [6.45, 7) is 2.88. The zero-order valence-electron chi connectivity index (χ0n) is 12.3. The second-order valence-corrected chi connectivity index (χ2v) is 4.57. The van der Waals surface area contributed by atoms with E-state index in [4.69, 9.17) is 5.11 Å². The lowest BCUT2D eigenvalue weighted by molar-refractivity contribution is -0.137. The summed E-state index contributed by atoms with van der Waals surface area (Å²) < 4.78 is 0. The minimum Gasteiger partial charge on any atom is -0.481 e. The van der Waals surface area contributed by atoms with Crippen molar-refractivity contribution in [2.45, 2.75) is 26.2 Å². The Labute approximate surface area is 125 Å². The maximum Gasteiger partial charge on any atom is 0.321 e. The molecule has 0 aliphatic heterocycles. The molecule has 5 heteroatoms. The molecule has 0 spiro atoms. The first-order valence-corrected chi connectivity index (χ1v) is 7.08. The highest BCUT2D eigenvalue weighted by atomic mass is 16.4. The number of hydrogen-bond acceptors (Lipinski definition) is 2. The van der Waals surface area contributed by atoms with E-state index in [1.165, 1.54) is 0 Å². The molecular formula is C16H22N2O3. The quantitative estimate of drug-likeness (QED) is 0.571. The maximum atomic E-state index is 12.2. The average molecular weight is 290 g/mol. The third kappa shape index (κ3) is 6.61. The summed E-state index contributed by atoms with van der Waals surface area (Å²) in [4.78, 5) is 24.4. The van der Waals surface area contributed by atoms with Gasteiger partial charge in [-0.05, 0) is 31.9 Å². The van der Waals surface area contributed by atoms with Crippen LogP contribution in [-0.4, -0.2) is 30.2 Å². The van der Waals surface area contributed by atoms with E-state index in [-0.39, 0.29) is 12.5 Å². The number of anilines is 1. The first-order valence-electron chi connectivity index (χ1n) is 7.08. The Balaban J connectivity index is 2.62. The fourth-order valence-corrected chi connectivity index (χ4v) is 1.87. The Bertz CT molecular complexity index is 472.